The number of hydrogen-bond donors (Lipinski definition) is 3. The second-order valence-electron chi connectivity index (χ2n) is 36.7. The van der Waals surface area contributed by atoms with Gasteiger partial charge in [-0.3, -0.25) is 19.6 Å². The zero-order valence-corrected chi connectivity index (χ0v) is 79.9. The van der Waals surface area contributed by atoms with E-state index in [4.69, 9.17) is 75.1 Å². The van der Waals surface area contributed by atoms with Crippen LogP contribution in [0.1, 0.15) is 212 Å². The van der Waals surface area contributed by atoms with E-state index in [0.717, 1.165) is 258 Å². The summed E-state index contributed by atoms with van der Waals surface area (Å²) in [6.07, 6.45) is 27.6. The van der Waals surface area contributed by atoms with Gasteiger partial charge in [0.25, 0.3) is 0 Å². The molecule has 32 heteroatoms. The molecule has 8 fully saturated rings. The molecule has 0 spiro atoms. The first-order valence-corrected chi connectivity index (χ1v) is 50.2. The van der Waals surface area contributed by atoms with Crippen LogP contribution in [0, 0.1) is 92.7 Å². The third-order valence-corrected chi connectivity index (χ3v) is 31.1. The normalized spacial score (nSPS) is 17.2. The molecule has 12 aromatic rings. The number of thiophene rings is 4. The molecule has 4 aromatic carbocycles. The fraction of sp³-hybridized carbons (Fsp3) is 0.520. The molecule has 26 nitrogen and oxygen atoms in total. The highest BCUT2D eigenvalue weighted by Crippen LogP contribution is 2.42. The van der Waals surface area contributed by atoms with Crippen LogP contribution in [-0.2, 0) is 78.1 Å². The molecule has 0 radical (unpaired) electrons. The minimum absolute atomic E-state index is 0. The number of aromatic nitrogens is 4. The van der Waals surface area contributed by atoms with Gasteiger partial charge in [-0.2, -0.15) is 21.0 Å². The average Bonchev–Trinajstić information content (AvgIpc) is 1.65. The molecule has 0 atom stereocenters. The van der Waals surface area contributed by atoms with Gasteiger partial charge in [0.2, 0.25) is 0 Å². The monoisotopic (exact) mass is 1900 g/mol. The first-order valence-electron chi connectivity index (χ1n) is 46.9. The van der Waals surface area contributed by atoms with Crippen molar-refractivity contribution >= 4 is 114 Å². The fourth-order valence-corrected chi connectivity index (χ4v) is 21.8. The predicted octanol–water partition coefficient (Wildman–Crippen LogP) is 21.6. The number of aliphatic hydroxyl groups excluding tert-OH is 1. The van der Waals surface area contributed by atoms with Crippen LogP contribution >= 0.6 is 70.2 Å². The SMILES string of the molecule is Cl.Cl.N#Cc1ccc(CN2CCC(CCc3noc4c(CN)c(OCC5CC5)ccc34)CC2)s1.N#Cc1ccc(CN2CCC(CCc3noc4c(CN)c(OCC5CC5)ccc34)CC2)s1.N#Cc1ccc(CN2CCC(CCc3noc4c(CN=[N+]=[N-])c(OCC5CC5)ccc34)CC2)s1.N#Cc1ccc(CN2CCC(CCc3noc4c(CO)c(OCC5CC5)ccc34)CC2)s1. The topological polar surface area (TPSA) is 370 Å². The van der Waals surface area contributed by atoms with Gasteiger partial charge >= 0.3 is 0 Å². The number of ether oxygens (including phenoxy) is 4. The first-order chi connectivity index (χ1) is 63.9. The Bertz CT molecular complexity index is 5570. The highest BCUT2D eigenvalue weighted by Gasteiger charge is 2.32. The number of azide groups is 1. The van der Waals surface area contributed by atoms with Gasteiger partial charge < -0.3 is 53.6 Å². The van der Waals surface area contributed by atoms with Crippen LogP contribution in [0.15, 0.2) is 120 Å². The van der Waals surface area contributed by atoms with Crippen molar-refractivity contribution < 1.29 is 42.1 Å². The summed E-state index contributed by atoms with van der Waals surface area (Å²) in [4.78, 5) is 21.2. The molecule has 4 saturated heterocycles. The van der Waals surface area contributed by atoms with Crippen molar-refractivity contribution in [1.29, 1.82) is 21.0 Å². The summed E-state index contributed by atoms with van der Waals surface area (Å²) >= 11 is 6.41. The second kappa shape index (κ2) is 47.5. The smallest absolute Gasteiger partial charge is 0.176 e. The zero-order chi connectivity index (χ0) is 89.1. The standard InChI is InChI=1S/C25H28N6O2S.2C25H30N4O2S.C25H29N3O3S.2ClH/c26-13-19-4-5-20(34-19)15-31-11-9-17(10-12-31)3-7-23-21-6-8-24(32-16-18-1-2-18)22(14-28-30-27)25(21)33-29-23;2*26-13-19-4-5-20(32-19)15-29-11-9-17(10-12-29)3-7-23-21-6-8-24(30-16-18-1-2-18)22(14-27)25(21)31-28-23;26-13-19-4-5-20(32-19)14-28-11-9-17(10-12-28)3-7-23-21-6-8-24(30-16-18-1-2-18)22(15-29)25(21)31-27-23;;/h4-6,8,17-18H,1-3,7,9-12,14-16H2;2*4-6,8,17-18H,1-3,7,9-12,14-16,27H2;4-6,8,17-18,29H,1-3,7,9-12,14-16H2;2*1H. The lowest BCUT2D eigenvalue weighted by molar-refractivity contribution is 0.173. The Hall–Kier alpha value is -9.67. The van der Waals surface area contributed by atoms with E-state index >= 15 is 0 Å². The summed E-state index contributed by atoms with van der Waals surface area (Å²) in [6.45, 7) is 16.4. The maximum Gasteiger partial charge on any atom is 0.176 e. The Kier molecular flexibility index (Phi) is 34.9. The van der Waals surface area contributed by atoms with Crippen molar-refractivity contribution in [1.82, 2.24) is 40.2 Å². The Morgan fingerprint density at radius 3 is 0.848 bits per heavy atom. The van der Waals surface area contributed by atoms with Crippen molar-refractivity contribution in [3.63, 3.8) is 0 Å². The molecule has 0 amide bonds. The maximum atomic E-state index is 9.90. The Labute approximate surface area is 799 Å². The molecule has 132 heavy (non-hydrogen) atoms. The van der Waals surface area contributed by atoms with E-state index in [9.17, 15) is 5.11 Å². The maximum absolute atomic E-state index is 9.90. The number of hydrogen-bond acceptors (Lipinski definition) is 28. The second-order valence-corrected chi connectivity index (χ2v) is 41.4. The number of rotatable bonds is 37. The molecule has 4 saturated carbocycles. The van der Waals surface area contributed by atoms with Crippen LogP contribution < -0.4 is 30.4 Å². The van der Waals surface area contributed by atoms with Gasteiger partial charge in [-0.1, -0.05) is 25.7 Å². The minimum Gasteiger partial charge on any atom is -0.493 e. The number of fused-ring (bicyclic) bond motifs is 4. The van der Waals surface area contributed by atoms with Crippen molar-refractivity contribution in [2.45, 2.75) is 207 Å². The predicted molar refractivity (Wildman–Crippen MR) is 519 cm³/mol. The summed E-state index contributed by atoms with van der Waals surface area (Å²) in [5, 5.41) is 71.3. The van der Waals surface area contributed by atoms with Crippen LogP contribution in [0.4, 0.5) is 0 Å². The number of likely N-dealkylation sites (tertiary alicyclic amines) is 4. The van der Waals surface area contributed by atoms with Gasteiger partial charge in [-0.05, 0) is 356 Å². The number of aliphatic hydroxyl groups is 1. The zero-order valence-electron chi connectivity index (χ0n) is 75.0. The lowest BCUT2D eigenvalue weighted by Crippen LogP contribution is -2.33. The van der Waals surface area contributed by atoms with E-state index in [-0.39, 0.29) is 38.0 Å². The quantitative estimate of drug-likeness (QED) is 0.0185. The molecule has 20 rings (SSSR count). The van der Waals surface area contributed by atoms with Crippen LogP contribution in [0.3, 0.4) is 0 Å². The van der Waals surface area contributed by atoms with Crippen LogP contribution in [-0.4, -0.2) is 124 Å². The van der Waals surface area contributed by atoms with Gasteiger partial charge in [0.05, 0.1) is 79.0 Å². The minimum atomic E-state index is -0.107. The summed E-state index contributed by atoms with van der Waals surface area (Å²) in [7, 11) is 0. The van der Waals surface area contributed by atoms with Crippen LogP contribution in [0.25, 0.3) is 54.3 Å². The first kappa shape index (κ1) is 96.9. The number of nitrogens with two attached hydrogens (primary N) is 2. The average molecular weight is 1900 g/mol. The molecule has 8 aliphatic rings. The third-order valence-electron chi connectivity index (χ3n) is 27.2. The number of halogens is 2. The molecule has 0 unspecified atom stereocenters. The highest BCUT2D eigenvalue weighted by molar-refractivity contribution is 7.13. The number of nitriles is 4. The number of benzene rings is 4. The van der Waals surface area contributed by atoms with Crippen molar-refractivity contribution in [3.05, 3.63) is 192 Å². The van der Waals surface area contributed by atoms with E-state index in [1.807, 2.05) is 60.7 Å². The molecule has 12 heterocycles. The van der Waals surface area contributed by atoms with Gasteiger partial charge in [0.1, 0.15) is 66.8 Å². The van der Waals surface area contributed by atoms with Crippen LogP contribution in [0.2, 0.25) is 0 Å². The molecular formula is C100H119Cl2N17O9S4. The molecule has 696 valence electrons. The van der Waals surface area contributed by atoms with Gasteiger partial charge in [0, 0.05) is 90.8 Å². The Morgan fingerprint density at radius 1 is 0.364 bits per heavy atom. The van der Waals surface area contributed by atoms with Crippen LogP contribution in [0.5, 0.6) is 23.0 Å². The summed E-state index contributed by atoms with van der Waals surface area (Å²) in [6, 6.07) is 41.1. The summed E-state index contributed by atoms with van der Waals surface area (Å²) in [5.41, 5.74) is 31.2. The van der Waals surface area contributed by atoms with E-state index in [1.54, 1.807) is 45.3 Å². The van der Waals surface area contributed by atoms with E-state index in [1.165, 1.54) is 122 Å². The molecular weight excluding hydrogens is 1780 g/mol. The molecule has 4 aliphatic heterocycles. The van der Waals surface area contributed by atoms with Gasteiger partial charge in [-0.25, -0.2) is 0 Å². The molecule has 0 bridgehead atoms. The lowest BCUT2D eigenvalue weighted by Gasteiger charge is -2.31. The van der Waals surface area contributed by atoms with Crippen molar-refractivity contribution in [2.24, 2.45) is 63.9 Å². The molecule has 8 aromatic heterocycles. The number of aryl methyl sites for hydroxylation is 4. The van der Waals surface area contributed by atoms with E-state index in [0.29, 0.717) is 90.4 Å². The molecule has 5 N–H and O–H groups in total. The molecule has 4 aliphatic carbocycles. The van der Waals surface area contributed by atoms with Gasteiger partial charge in [0.15, 0.2) is 22.3 Å². The largest absolute Gasteiger partial charge is 0.493 e. The van der Waals surface area contributed by atoms with E-state index < -0.39 is 0 Å². The highest BCUT2D eigenvalue weighted by atomic mass is 35.5. The summed E-state index contributed by atoms with van der Waals surface area (Å²) in [5.74, 6) is 8.63. The van der Waals surface area contributed by atoms with Crippen molar-refractivity contribution in [3.8, 4) is 47.3 Å². The van der Waals surface area contributed by atoms with E-state index in [2.05, 4.69) is 111 Å². The summed E-state index contributed by atoms with van der Waals surface area (Å²) < 4.78 is 46.7. The Balaban J connectivity index is 0.000000134. The number of nitrogens with zero attached hydrogens (tertiary/aromatic N) is 15. The van der Waals surface area contributed by atoms with Crippen molar-refractivity contribution in [2.75, 3.05) is 78.8 Å². The number of piperidine rings is 4. The third kappa shape index (κ3) is 26.1. The Morgan fingerprint density at radius 2 is 0.614 bits per heavy atom. The fourth-order valence-electron chi connectivity index (χ4n) is 18.5. The lowest BCUT2D eigenvalue weighted by atomic mass is 9.91. The van der Waals surface area contributed by atoms with Gasteiger partial charge in [-0.15, -0.1) is 70.2 Å².